The molecule has 174 valence electrons. The largest absolute Gasteiger partial charge is 0.494 e. The summed E-state index contributed by atoms with van der Waals surface area (Å²) in [5, 5.41) is 0. The van der Waals surface area contributed by atoms with Crippen LogP contribution in [0.25, 0.3) is 28.3 Å². The summed E-state index contributed by atoms with van der Waals surface area (Å²) in [6.07, 6.45) is 8.50. The summed E-state index contributed by atoms with van der Waals surface area (Å²) >= 11 is 0. The maximum atomic E-state index is 6.16. The fourth-order valence-corrected chi connectivity index (χ4v) is 3.85. The summed E-state index contributed by atoms with van der Waals surface area (Å²) < 4.78 is 12.2. The molecule has 6 heteroatoms. The predicted molar refractivity (Wildman–Crippen MR) is 139 cm³/mol. The molecule has 0 saturated carbocycles. The molecule has 1 atom stereocenters. The molecule has 1 aliphatic heterocycles. The van der Waals surface area contributed by atoms with Gasteiger partial charge in [-0.1, -0.05) is 86.7 Å². The first-order valence-corrected chi connectivity index (χ1v) is 12.1. The van der Waals surface area contributed by atoms with Gasteiger partial charge in [-0.2, -0.15) is 0 Å². The van der Waals surface area contributed by atoms with Gasteiger partial charge in [0.1, 0.15) is 0 Å². The average Bonchev–Trinajstić information content (AvgIpc) is 3.18. The van der Waals surface area contributed by atoms with E-state index in [4.69, 9.17) is 24.3 Å². The number of allylic oxidation sites excluding steroid dienone is 4. The summed E-state index contributed by atoms with van der Waals surface area (Å²) in [4.78, 5) is 14.5. The molecule has 2 aromatic carbocycles. The summed E-state index contributed by atoms with van der Waals surface area (Å²) in [5.41, 5.74) is 3.54. The van der Waals surface area contributed by atoms with Gasteiger partial charge in [-0.25, -0.2) is 15.0 Å². The Balaban J connectivity index is 0.00000133. The van der Waals surface area contributed by atoms with E-state index in [0.717, 1.165) is 35.0 Å². The molecule has 1 aliphatic carbocycles. The molecule has 2 aliphatic rings. The Morgan fingerprint density at radius 3 is 2.18 bits per heavy atom. The fourth-order valence-electron chi connectivity index (χ4n) is 3.85. The van der Waals surface area contributed by atoms with Gasteiger partial charge in [0.15, 0.2) is 17.5 Å². The summed E-state index contributed by atoms with van der Waals surface area (Å²) in [5.74, 6) is 2.00. The van der Waals surface area contributed by atoms with Crippen LogP contribution in [-0.4, -0.2) is 33.8 Å². The number of benzene rings is 2. The number of rotatable bonds is 4. The van der Waals surface area contributed by atoms with E-state index in [1.54, 1.807) is 0 Å². The van der Waals surface area contributed by atoms with Crippen molar-refractivity contribution in [1.82, 2.24) is 15.0 Å². The maximum Gasteiger partial charge on any atom is 0.494 e. The molecule has 5 nitrogen and oxygen atoms in total. The quantitative estimate of drug-likeness (QED) is 0.462. The Labute approximate surface area is 203 Å². The van der Waals surface area contributed by atoms with Crippen molar-refractivity contribution in [1.29, 1.82) is 0 Å². The molecule has 1 saturated heterocycles. The molecule has 0 N–H and O–H groups in total. The van der Waals surface area contributed by atoms with Crippen LogP contribution in [0.15, 0.2) is 72.8 Å². The van der Waals surface area contributed by atoms with Crippen LogP contribution in [0.1, 0.15) is 53.3 Å². The molecule has 3 aromatic rings. The molecule has 34 heavy (non-hydrogen) atoms. The molecule has 2 heterocycles. The molecule has 1 fully saturated rings. The van der Waals surface area contributed by atoms with Gasteiger partial charge in [-0.05, 0) is 39.1 Å². The van der Waals surface area contributed by atoms with Crippen LogP contribution in [-0.2, 0) is 9.31 Å². The highest BCUT2D eigenvalue weighted by molar-refractivity contribution is 6.62. The molecular formula is C28H32BN3O2. The van der Waals surface area contributed by atoms with E-state index in [2.05, 4.69) is 38.1 Å². The van der Waals surface area contributed by atoms with Gasteiger partial charge < -0.3 is 9.31 Å². The van der Waals surface area contributed by atoms with E-state index in [1.807, 2.05) is 69.3 Å². The van der Waals surface area contributed by atoms with Gasteiger partial charge >= 0.3 is 7.12 Å². The van der Waals surface area contributed by atoms with Crippen molar-refractivity contribution >= 4 is 18.2 Å². The summed E-state index contributed by atoms with van der Waals surface area (Å²) in [6.45, 7) is 10.1. The predicted octanol–water partition coefficient (Wildman–Crippen LogP) is 5.87. The van der Waals surface area contributed by atoms with E-state index in [-0.39, 0.29) is 11.7 Å². The van der Waals surface area contributed by atoms with Crippen LogP contribution < -0.4 is 5.46 Å². The number of hydrogen-bond donors (Lipinski definition) is 0. The number of nitrogens with zero attached hydrogens (tertiary/aromatic N) is 3. The monoisotopic (exact) mass is 453 g/mol. The first-order chi connectivity index (χ1) is 16.5. The van der Waals surface area contributed by atoms with E-state index >= 15 is 0 Å². The van der Waals surface area contributed by atoms with Gasteiger partial charge in [-0.3, -0.25) is 0 Å². The smallest absolute Gasteiger partial charge is 0.402 e. The number of hydrogen-bond acceptors (Lipinski definition) is 5. The van der Waals surface area contributed by atoms with Crippen molar-refractivity contribution in [2.24, 2.45) is 0 Å². The van der Waals surface area contributed by atoms with Crippen molar-refractivity contribution in [3.63, 3.8) is 0 Å². The molecule has 5 rings (SSSR count). The lowest BCUT2D eigenvalue weighted by Gasteiger charge is -2.21. The zero-order valence-electron chi connectivity index (χ0n) is 20.7. The first-order valence-electron chi connectivity index (χ1n) is 12.1. The lowest BCUT2D eigenvalue weighted by Crippen LogP contribution is -2.34. The highest BCUT2D eigenvalue weighted by Gasteiger charge is 2.43. The van der Waals surface area contributed by atoms with Crippen molar-refractivity contribution < 1.29 is 9.31 Å². The Bertz CT molecular complexity index is 1190. The minimum atomic E-state index is -0.404. The van der Waals surface area contributed by atoms with Crippen LogP contribution in [0.3, 0.4) is 0 Å². The molecule has 0 amide bonds. The Kier molecular flexibility index (Phi) is 7.39. The minimum absolute atomic E-state index is 0.00893. The average molecular weight is 453 g/mol. The second kappa shape index (κ2) is 10.5. The lowest BCUT2D eigenvalue weighted by molar-refractivity contribution is 0.0842. The minimum Gasteiger partial charge on any atom is -0.402 e. The molecule has 0 radical (unpaired) electrons. The van der Waals surface area contributed by atoms with E-state index < -0.39 is 7.12 Å². The van der Waals surface area contributed by atoms with Crippen LogP contribution in [0.2, 0.25) is 0 Å². The standard InChI is InChI=1S/C26H26BN3O2.C2H6/c1-18-26(2,3)32-27(31-18)22-16-10-15-21(17-22)25-29-23(19-11-6-4-7-12-19)28-24(30-25)20-13-8-5-9-14-20;1-2/h4,6-8,10-18H,5,9H2,1-3H3;1-2H3. The Morgan fingerprint density at radius 1 is 0.853 bits per heavy atom. The van der Waals surface area contributed by atoms with Crippen molar-refractivity contribution in [2.45, 2.75) is 59.2 Å². The Hall–Kier alpha value is -3.09. The SMILES string of the molecule is CC.CC1OB(c2cccc(-c3nc(C4=CCCC=C4)nc(-c4ccccc4)n3)c2)OC1(C)C. The topological polar surface area (TPSA) is 57.1 Å². The van der Waals surface area contributed by atoms with Gasteiger partial charge in [0.2, 0.25) is 0 Å². The van der Waals surface area contributed by atoms with Gasteiger partial charge in [-0.15, -0.1) is 0 Å². The van der Waals surface area contributed by atoms with E-state index in [0.29, 0.717) is 17.5 Å². The van der Waals surface area contributed by atoms with Crippen molar-refractivity contribution in [3.05, 3.63) is 78.6 Å². The van der Waals surface area contributed by atoms with Gasteiger partial charge in [0.05, 0.1) is 11.7 Å². The van der Waals surface area contributed by atoms with Crippen LogP contribution in [0, 0.1) is 0 Å². The van der Waals surface area contributed by atoms with Gasteiger partial charge in [0.25, 0.3) is 0 Å². The maximum absolute atomic E-state index is 6.16. The van der Waals surface area contributed by atoms with Crippen LogP contribution in [0.5, 0.6) is 0 Å². The molecule has 0 bridgehead atoms. The third-order valence-corrected chi connectivity index (χ3v) is 6.06. The van der Waals surface area contributed by atoms with Crippen molar-refractivity contribution in [2.75, 3.05) is 0 Å². The highest BCUT2D eigenvalue weighted by Crippen LogP contribution is 2.28. The number of aromatic nitrogens is 3. The second-order valence-corrected chi connectivity index (χ2v) is 8.77. The summed E-state index contributed by atoms with van der Waals surface area (Å²) in [6, 6.07) is 18.1. The fraction of sp³-hybridized carbons (Fsp3) is 0.321. The Morgan fingerprint density at radius 2 is 1.53 bits per heavy atom. The molecule has 1 aromatic heterocycles. The third kappa shape index (κ3) is 5.19. The van der Waals surface area contributed by atoms with Crippen molar-refractivity contribution in [3.8, 4) is 22.8 Å². The normalized spacial score (nSPS) is 18.8. The van der Waals surface area contributed by atoms with Crippen LogP contribution >= 0.6 is 0 Å². The zero-order valence-corrected chi connectivity index (χ0v) is 20.7. The van der Waals surface area contributed by atoms with E-state index in [9.17, 15) is 0 Å². The molecule has 1 unspecified atom stereocenters. The second-order valence-electron chi connectivity index (χ2n) is 8.77. The van der Waals surface area contributed by atoms with Gasteiger partial charge in [0, 0.05) is 16.7 Å². The molecular weight excluding hydrogens is 421 g/mol. The summed E-state index contributed by atoms with van der Waals surface area (Å²) in [7, 11) is -0.404. The third-order valence-electron chi connectivity index (χ3n) is 6.06. The highest BCUT2D eigenvalue weighted by atomic mass is 16.7. The molecule has 0 spiro atoms. The lowest BCUT2D eigenvalue weighted by atomic mass is 9.78. The first kappa shape index (κ1) is 24.1. The zero-order chi connectivity index (χ0) is 24.1. The van der Waals surface area contributed by atoms with Crippen LogP contribution in [0.4, 0.5) is 0 Å². The van der Waals surface area contributed by atoms with E-state index in [1.165, 1.54) is 0 Å².